The van der Waals surface area contributed by atoms with Crippen LogP contribution in [0.25, 0.3) is 0 Å². The number of hydrogen-bond acceptors (Lipinski definition) is 3. The quantitative estimate of drug-likeness (QED) is 0.812. The maximum absolute atomic E-state index is 12.8. The Bertz CT molecular complexity index is 709. The topological polar surface area (TPSA) is 58.4 Å². The van der Waals surface area contributed by atoms with Crippen LogP contribution < -0.4 is 0 Å². The highest BCUT2D eigenvalue weighted by atomic mass is 16.3. The van der Waals surface area contributed by atoms with Crippen molar-refractivity contribution in [1.82, 2.24) is 14.7 Å². The fourth-order valence-corrected chi connectivity index (χ4v) is 3.62. The zero-order chi connectivity index (χ0) is 19.3. The number of likely N-dealkylation sites (tertiary alicyclic amines) is 1. The summed E-state index contributed by atoms with van der Waals surface area (Å²) in [5, 5.41) is 14.1. The van der Waals surface area contributed by atoms with Crippen LogP contribution in [0.1, 0.15) is 55.5 Å². The first kappa shape index (κ1) is 19.6. The maximum Gasteiger partial charge on any atom is 0.253 e. The summed E-state index contributed by atoms with van der Waals surface area (Å²) in [4.78, 5) is 14.7. The van der Waals surface area contributed by atoms with Gasteiger partial charge in [-0.15, -0.1) is 0 Å². The average Bonchev–Trinajstić information content (AvgIpc) is 3.18. The van der Waals surface area contributed by atoms with Gasteiger partial charge in [0.2, 0.25) is 0 Å². The zero-order valence-electron chi connectivity index (χ0n) is 16.5. The van der Waals surface area contributed by atoms with E-state index in [0.717, 1.165) is 56.4 Å². The van der Waals surface area contributed by atoms with Crippen LogP contribution in [0.15, 0.2) is 42.7 Å². The highest BCUT2D eigenvalue weighted by molar-refractivity contribution is 5.94. The van der Waals surface area contributed by atoms with Gasteiger partial charge in [-0.1, -0.05) is 12.1 Å². The number of aryl methyl sites for hydroxylation is 2. The van der Waals surface area contributed by atoms with Crippen LogP contribution in [0.2, 0.25) is 0 Å². The van der Waals surface area contributed by atoms with Crippen LogP contribution in [0.5, 0.6) is 0 Å². The second-order valence-electron chi connectivity index (χ2n) is 8.30. The minimum atomic E-state index is -0.657. The lowest BCUT2D eigenvalue weighted by Crippen LogP contribution is -2.38. The third-order valence-electron chi connectivity index (χ3n) is 5.45. The van der Waals surface area contributed by atoms with Crippen LogP contribution >= 0.6 is 0 Å². The molecule has 1 aliphatic rings. The molecule has 1 aromatic heterocycles. The van der Waals surface area contributed by atoms with Crippen molar-refractivity contribution < 1.29 is 9.90 Å². The summed E-state index contributed by atoms with van der Waals surface area (Å²) in [5.41, 5.74) is 1.26. The summed E-state index contributed by atoms with van der Waals surface area (Å²) in [6.07, 6.45) is 8.61. The van der Waals surface area contributed by atoms with Gasteiger partial charge in [0.05, 0.1) is 5.60 Å². The molecule has 0 atom stereocenters. The molecule has 1 amide bonds. The SMILES string of the molecule is CC(C)(O)CCc1ccc(C(=O)N2CCC(CCn3cccn3)CC2)cc1. The number of rotatable bonds is 7. The maximum atomic E-state index is 12.8. The molecule has 0 unspecified atom stereocenters. The summed E-state index contributed by atoms with van der Waals surface area (Å²) in [6, 6.07) is 9.82. The Morgan fingerprint density at radius 1 is 1.22 bits per heavy atom. The number of nitrogens with zero attached hydrogens (tertiary/aromatic N) is 3. The summed E-state index contributed by atoms with van der Waals surface area (Å²) in [6.45, 7) is 6.27. The molecule has 0 aliphatic carbocycles. The largest absolute Gasteiger partial charge is 0.390 e. The Morgan fingerprint density at radius 3 is 2.52 bits per heavy atom. The summed E-state index contributed by atoms with van der Waals surface area (Å²) in [7, 11) is 0. The van der Waals surface area contributed by atoms with Gasteiger partial charge in [-0.2, -0.15) is 5.10 Å². The molecule has 0 saturated carbocycles. The van der Waals surface area contributed by atoms with Gasteiger partial charge < -0.3 is 10.0 Å². The Balaban J connectivity index is 1.46. The molecular weight excluding hydrogens is 338 g/mol. The van der Waals surface area contributed by atoms with Crippen LogP contribution in [-0.2, 0) is 13.0 Å². The van der Waals surface area contributed by atoms with Gasteiger partial charge in [0, 0.05) is 37.6 Å². The number of benzene rings is 1. The lowest BCUT2D eigenvalue weighted by atomic mass is 9.93. The van der Waals surface area contributed by atoms with E-state index >= 15 is 0 Å². The predicted octanol–water partition coefficient (Wildman–Crippen LogP) is 3.53. The molecule has 0 radical (unpaired) electrons. The summed E-state index contributed by atoms with van der Waals surface area (Å²) < 4.78 is 1.98. The molecule has 0 spiro atoms. The van der Waals surface area contributed by atoms with Gasteiger partial charge in [0.1, 0.15) is 0 Å². The van der Waals surface area contributed by atoms with E-state index in [-0.39, 0.29) is 5.91 Å². The van der Waals surface area contributed by atoms with Gasteiger partial charge in [-0.3, -0.25) is 9.48 Å². The highest BCUT2D eigenvalue weighted by Crippen LogP contribution is 2.23. The van der Waals surface area contributed by atoms with E-state index < -0.39 is 5.60 Å². The number of piperidine rings is 1. The molecular formula is C22H31N3O2. The van der Waals surface area contributed by atoms with E-state index in [9.17, 15) is 9.90 Å². The van der Waals surface area contributed by atoms with Crippen molar-refractivity contribution in [2.24, 2.45) is 5.92 Å². The second kappa shape index (κ2) is 8.70. The van der Waals surface area contributed by atoms with E-state index in [1.165, 1.54) is 0 Å². The van der Waals surface area contributed by atoms with E-state index in [1.807, 2.05) is 66.2 Å². The van der Waals surface area contributed by atoms with Crippen LogP contribution in [-0.4, -0.2) is 44.4 Å². The van der Waals surface area contributed by atoms with Gasteiger partial charge >= 0.3 is 0 Å². The Morgan fingerprint density at radius 2 is 1.93 bits per heavy atom. The molecule has 3 rings (SSSR count). The van der Waals surface area contributed by atoms with Gasteiger partial charge in [0.25, 0.3) is 5.91 Å². The zero-order valence-corrected chi connectivity index (χ0v) is 16.5. The van der Waals surface area contributed by atoms with Gasteiger partial charge in [0.15, 0.2) is 0 Å². The third kappa shape index (κ3) is 5.93. The van der Waals surface area contributed by atoms with Crippen LogP contribution in [0, 0.1) is 5.92 Å². The van der Waals surface area contributed by atoms with Crippen molar-refractivity contribution in [1.29, 1.82) is 0 Å². The van der Waals surface area contributed by atoms with E-state index in [0.29, 0.717) is 12.3 Å². The van der Waals surface area contributed by atoms with Crippen molar-refractivity contribution in [3.63, 3.8) is 0 Å². The van der Waals surface area contributed by atoms with Crippen molar-refractivity contribution in [3.05, 3.63) is 53.9 Å². The summed E-state index contributed by atoms with van der Waals surface area (Å²) >= 11 is 0. The Kier molecular flexibility index (Phi) is 6.32. The Hall–Kier alpha value is -2.14. The minimum absolute atomic E-state index is 0.134. The molecule has 1 saturated heterocycles. The van der Waals surface area contributed by atoms with E-state index in [4.69, 9.17) is 0 Å². The molecule has 0 bridgehead atoms. The third-order valence-corrected chi connectivity index (χ3v) is 5.45. The molecule has 1 aliphatic heterocycles. The van der Waals surface area contributed by atoms with Gasteiger partial charge in [-0.25, -0.2) is 0 Å². The smallest absolute Gasteiger partial charge is 0.253 e. The highest BCUT2D eigenvalue weighted by Gasteiger charge is 2.23. The Labute approximate surface area is 162 Å². The molecule has 2 aromatic rings. The normalized spacial score (nSPS) is 15.9. The first-order valence-electron chi connectivity index (χ1n) is 9.99. The number of amides is 1. The van der Waals surface area contributed by atoms with Crippen LogP contribution in [0.3, 0.4) is 0 Å². The predicted molar refractivity (Wildman–Crippen MR) is 107 cm³/mol. The van der Waals surface area contributed by atoms with E-state index in [2.05, 4.69) is 5.10 Å². The second-order valence-corrected chi connectivity index (χ2v) is 8.30. The molecule has 1 fully saturated rings. The first-order chi connectivity index (χ1) is 12.9. The van der Waals surface area contributed by atoms with Crippen molar-refractivity contribution in [3.8, 4) is 0 Å². The fourth-order valence-electron chi connectivity index (χ4n) is 3.62. The minimum Gasteiger partial charge on any atom is -0.390 e. The van der Waals surface area contributed by atoms with Gasteiger partial charge in [-0.05, 0) is 75.6 Å². The molecule has 1 aromatic carbocycles. The molecule has 5 nitrogen and oxygen atoms in total. The molecule has 1 N–H and O–H groups in total. The monoisotopic (exact) mass is 369 g/mol. The molecule has 146 valence electrons. The van der Waals surface area contributed by atoms with Crippen LogP contribution in [0.4, 0.5) is 0 Å². The first-order valence-corrected chi connectivity index (χ1v) is 9.99. The lowest BCUT2D eigenvalue weighted by molar-refractivity contribution is 0.0681. The molecule has 2 heterocycles. The summed E-state index contributed by atoms with van der Waals surface area (Å²) in [5.74, 6) is 0.803. The standard InChI is InChI=1S/C22H31N3O2/c1-22(2,27)12-8-18-4-6-20(7-5-18)21(26)24-15-9-19(10-16-24)11-17-25-14-3-13-23-25/h3-7,13-14,19,27H,8-12,15-17H2,1-2H3. The number of hydrogen-bond donors (Lipinski definition) is 1. The van der Waals surface area contributed by atoms with Crippen molar-refractivity contribution in [2.75, 3.05) is 13.1 Å². The number of aliphatic hydroxyl groups is 1. The number of aromatic nitrogens is 2. The number of carbonyl (C=O) groups excluding carboxylic acids is 1. The average molecular weight is 370 g/mol. The lowest BCUT2D eigenvalue weighted by Gasteiger charge is -2.32. The molecule has 27 heavy (non-hydrogen) atoms. The van der Waals surface area contributed by atoms with Crippen molar-refractivity contribution in [2.45, 2.75) is 58.1 Å². The van der Waals surface area contributed by atoms with Crippen molar-refractivity contribution >= 4 is 5.91 Å². The molecule has 5 heteroatoms. The fraction of sp³-hybridized carbons (Fsp3) is 0.545. The van der Waals surface area contributed by atoms with E-state index in [1.54, 1.807) is 0 Å². The number of carbonyl (C=O) groups is 1.